The highest BCUT2D eigenvalue weighted by molar-refractivity contribution is 9.13. The van der Waals surface area contributed by atoms with Gasteiger partial charge < -0.3 is 15.2 Å². The molecule has 0 saturated carbocycles. The second kappa shape index (κ2) is 8.95. The molecule has 5 nitrogen and oxygen atoms in total. The predicted molar refractivity (Wildman–Crippen MR) is 121 cm³/mol. The zero-order chi connectivity index (χ0) is 21.3. The molecule has 0 atom stereocenters. The number of hydrogen-bond acceptors (Lipinski definition) is 4. The van der Waals surface area contributed by atoms with Gasteiger partial charge in [-0.15, -0.1) is 11.3 Å². The van der Waals surface area contributed by atoms with Crippen molar-refractivity contribution in [3.8, 4) is 16.9 Å². The first-order chi connectivity index (χ1) is 13.7. The number of rotatable bonds is 5. The lowest BCUT2D eigenvalue weighted by Crippen LogP contribution is -2.14. The van der Waals surface area contributed by atoms with Gasteiger partial charge in [0.15, 0.2) is 0 Å². The van der Waals surface area contributed by atoms with Crippen molar-refractivity contribution >= 4 is 76.0 Å². The third-order valence-corrected chi connectivity index (χ3v) is 7.56. The van der Waals surface area contributed by atoms with Crippen LogP contribution in [-0.2, 0) is 0 Å². The molecule has 0 spiro atoms. The zero-order valence-corrected chi connectivity index (χ0v) is 20.1. The van der Waals surface area contributed by atoms with E-state index < -0.39 is 17.7 Å². The summed E-state index contributed by atoms with van der Waals surface area (Å²) >= 11 is 11.1. The van der Waals surface area contributed by atoms with E-state index in [0.29, 0.717) is 30.3 Å². The molecule has 0 fully saturated rings. The van der Waals surface area contributed by atoms with E-state index in [-0.39, 0.29) is 16.1 Å². The highest BCUT2D eigenvalue weighted by Gasteiger charge is 2.24. The molecule has 2 N–H and O–H groups in total. The molecule has 3 aromatic rings. The van der Waals surface area contributed by atoms with Gasteiger partial charge in [-0.05, 0) is 71.6 Å². The number of carbonyl (C=O) groups excluding carboxylic acids is 1. The third kappa shape index (κ3) is 4.40. The number of carbonyl (C=O) groups is 2. The zero-order valence-electron chi connectivity index (χ0n) is 14.6. The van der Waals surface area contributed by atoms with Gasteiger partial charge in [-0.1, -0.05) is 12.1 Å². The van der Waals surface area contributed by atoms with Crippen molar-refractivity contribution in [3.63, 3.8) is 0 Å². The molecule has 1 aromatic heterocycles. The molecule has 150 valence electrons. The van der Waals surface area contributed by atoms with E-state index in [4.69, 9.17) is 4.74 Å². The lowest BCUT2D eigenvalue weighted by atomic mass is 10.0. The Hall–Kier alpha value is -1.75. The summed E-state index contributed by atoms with van der Waals surface area (Å²) in [5.74, 6) is -1.83. The highest BCUT2D eigenvalue weighted by Crippen LogP contribution is 2.42. The molecule has 29 heavy (non-hydrogen) atoms. The number of methoxy groups -OCH3 is 1. The number of thiophene rings is 1. The first kappa shape index (κ1) is 21.9. The minimum Gasteiger partial charge on any atom is -0.494 e. The summed E-state index contributed by atoms with van der Waals surface area (Å²) in [6, 6.07) is 7.20. The Morgan fingerprint density at radius 2 is 1.90 bits per heavy atom. The largest absolute Gasteiger partial charge is 0.494 e. The number of benzene rings is 2. The van der Waals surface area contributed by atoms with Crippen LogP contribution in [0.4, 0.5) is 9.39 Å². The number of hydrogen-bond donors (Lipinski definition) is 2. The van der Waals surface area contributed by atoms with Crippen LogP contribution in [0.3, 0.4) is 0 Å². The second-order valence-electron chi connectivity index (χ2n) is 5.69. The SMILES string of the molecule is COc1c(Br)c(Br)cc(C(=O)Nc2scc(-c3cccc(F)c3)c2C(=O)O)c1Br. The van der Waals surface area contributed by atoms with E-state index in [1.54, 1.807) is 17.5 Å². The molecular formula is C19H11Br3FNO4S. The topological polar surface area (TPSA) is 75.6 Å². The number of halogens is 4. The van der Waals surface area contributed by atoms with Crippen molar-refractivity contribution in [2.45, 2.75) is 0 Å². The summed E-state index contributed by atoms with van der Waals surface area (Å²) in [5.41, 5.74) is 0.876. The molecular weight excluding hydrogens is 597 g/mol. The van der Waals surface area contributed by atoms with Crippen molar-refractivity contribution in [1.29, 1.82) is 0 Å². The monoisotopic (exact) mass is 605 g/mol. The van der Waals surface area contributed by atoms with Gasteiger partial charge in [0.2, 0.25) is 0 Å². The molecule has 3 rings (SSSR count). The molecule has 0 aliphatic carbocycles. The van der Waals surface area contributed by atoms with Crippen LogP contribution in [0.2, 0.25) is 0 Å². The van der Waals surface area contributed by atoms with Crippen LogP contribution < -0.4 is 10.1 Å². The number of amides is 1. The first-order valence-electron chi connectivity index (χ1n) is 7.88. The Labute approximate surface area is 194 Å². The summed E-state index contributed by atoms with van der Waals surface area (Å²) in [4.78, 5) is 24.7. The molecule has 0 aliphatic heterocycles. The fraction of sp³-hybridized carbons (Fsp3) is 0.0526. The summed E-state index contributed by atoms with van der Waals surface area (Å²) in [7, 11) is 1.46. The Balaban J connectivity index is 2.03. The molecule has 2 aromatic carbocycles. The van der Waals surface area contributed by atoms with Gasteiger partial charge in [0, 0.05) is 15.4 Å². The van der Waals surface area contributed by atoms with Gasteiger partial charge in [0.1, 0.15) is 22.1 Å². The van der Waals surface area contributed by atoms with Crippen LogP contribution in [0.1, 0.15) is 20.7 Å². The van der Waals surface area contributed by atoms with E-state index in [9.17, 15) is 19.1 Å². The van der Waals surface area contributed by atoms with Crippen LogP contribution >= 0.6 is 59.1 Å². The lowest BCUT2D eigenvalue weighted by Gasteiger charge is -2.13. The summed E-state index contributed by atoms with van der Waals surface area (Å²) in [5, 5.41) is 14.0. The van der Waals surface area contributed by atoms with Gasteiger partial charge in [0.25, 0.3) is 5.91 Å². The number of carboxylic acid groups (broad SMARTS) is 1. The summed E-state index contributed by atoms with van der Waals surface area (Å²) in [6.07, 6.45) is 0. The van der Waals surface area contributed by atoms with Crippen LogP contribution in [-0.4, -0.2) is 24.1 Å². The van der Waals surface area contributed by atoms with Crippen molar-refractivity contribution in [2.75, 3.05) is 12.4 Å². The van der Waals surface area contributed by atoms with Crippen molar-refractivity contribution in [3.05, 3.63) is 66.1 Å². The Kier molecular flexibility index (Phi) is 6.77. The van der Waals surface area contributed by atoms with Gasteiger partial charge >= 0.3 is 5.97 Å². The Morgan fingerprint density at radius 3 is 2.52 bits per heavy atom. The smallest absolute Gasteiger partial charge is 0.339 e. The van der Waals surface area contributed by atoms with Gasteiger partial charge in [-0.25, -0.2) is 9.18 Å². The maximum Gasteiger partial charge on any atom is 0.339 e. The molecule has 0 aliphatic rings. The fourth-order valence-corrected chi connectivity index (χ4v) is 5.39. The second-order valence-corrected chi connectivity index (χ2v) is 9.01. The summed E-state index contributed by atoms with van der Waals surface area (Å²) in [6.45, 7) is 0. The van der Waals surface area contributed by atoms with E-state index in [1.165, 1.54) is 25.3 Å². The molecule has 1 amide bonds. The average Bonchev–Trinajstić information content (AvgIpc) is 3.09. The average molecular weight is 608 g/mol. The maximum atomic E-state index is 13.6. The molecule has 1 heterocycles. The van der Waals surface area contributed by atoms with Gasteiger partial charge in [-0.3, -0.25) is 4.79 Å². The van der Waals surface area contributed by atoms with Crippen LogP contribution in [0, 0.1) is 5.82 Å². The molecule has 10 heteroatoms. The Bertz CT molecular complexity index is 1130. The normalized spacial score (nSPS) is 10.7. The quantitative estimate of drug-likeness (QED) is 0.313. The molecule has 0 unspecified atom stereocenters. The minimum atomic E-state index is -1.23. The van der Waals surface area contributed by atoms with E-state index in [1.807, 2.05) is 0 Å². The fourth-order valence-electron chi connectivity index (χ4n) is 2.63. The molecule has 0 radical (unpaired) electrons. The molecule has 0 saturated heterocycles. The number of anilines is 1. The van der Waals surface area contributed by atoms with Crippen molar-refractivity contribution < 1.29 is 23.8 Å². The van der Waals surface area contributed by atoms with Gasteiger partial charge in [0.05, 0.1) is 21.6 Å². The standard InChI is InChI=1S/C19H11Br3FNO4S/c1-28-16-14(21)10(6-12(20)15(16)22)17(25)24-18-13(19(26)27)11(7-29-18)8-3-2-4-9(23)5-8/h2-7H,1H3,(H,24,25)(H,26,27). The molecule has 0 bridgehead atoms. The van der Waals surface area contributed by atoms with Crippen LogP contribution in [0.5, 0.6) is 5.75 Å². The number of nitrogens with one attached hydrogen (secondary N) is 1. The number of ether oxygens (including phenoxy) is 1. The van der Waals surface area contributed by atoms with Crippen molar-refractivity contribution in [2.24, 2.45) is 0 Å². The lowest BCUT2D eigenvalue weighted by molar-refractivity contribution is 0.0699. The Morgan fingerprint density at radius 1 is 1.17 bits per heavy atom. The van der Waals surface area contributed by atoms with E-state index >= 15 is 0 Å². The first-order valence-corrected chi connectivity index (χ1v) is 11.1. The third-order valence-electron chi connectivity index (χ3n) is 3.93. The number of carboxylic acids is 1. The van der Waals surface area contributed by atoms with Crippen LogP contribution in [0.15, 0.2) is 49.1 Å². The van der Waals surface area contributed by atoms with E-state index in [0.717, 1.165) is 11.3 Å². The van der Waals surface area contributed by atoms with Crippen molar-refractivity contribution in [1.82, 2.24) is 0 Å². The van der Waals surface area contributed by atoms with Gasteiger partial charge in [-0.2, -0.15) is 0 Å². The number of aromatic carboxylic acids is 1. The van der Waals surface area contributed by atoms with E-state index in [2.05, 4.69) is 53.1 Å². The highest BCUT2D eigenvalue weighted by atomic mass is 79.9. The van der Waals surface area contributed by atoms with Crippen LogP contribution in [0.25, 0.3) is 11.1 Å². The maximum absolute atomic E-state index is 13.6. The summed E-state index contributed by atoms with van der Waals surface area (Å²) < 4.78 is 20.5. The predicted octanol–water partition coefficient (Wildman–Crippen LogP) is 6.80. The minimum absolute atomic E-state index is 0.104.